The fourth-order valence-electron chi connectivity index (χ4n) is 1.83. The molecule has 1 aromatic heterocycles. The molecule has 0 fully saturated rings. The Morgan fingerprint density at radius 1 is 1.58 bits per heavy atom. The van der Waals surface area contributed by atoms with Crippen LogP contribution in [0.2, 0.25) is 0 Å². The Bertz CT molecular complexity index is 272. The predicted molar refractivity (Wildman–Crippen MR) is 46.8 cm³/mol. The Balaban J connectivity index is 2.37. The molecule has 0 aromatic carbocycles. The summed E-state index contributed by atoms with van der Waals surface area (Å²) in [6.45, 7) is 0.723. The standard InChI is InChI=1S/C9H13N3/c10-4-7-2-1-3-9-8(7)5-11-6-12-9/h5-7H,1-4,10H2. The number of aryl methyl sites for hydroxylation is 1. The van der Waals surface area contributed by atoms with Gasteiger partial charge in [0.1, 0.15) is 6.33 Å². The van der Waals surface area contributed by atoms with Crippen LogP contribution in [0.25, 0.3) is 0 Å². The third-order valence-corrected chi connectivity index (χ3v) is 2.52. The van der Waals surface area contributed by atoms with Crippen LogP contribution in [0.15, 0.2) is 12.5 Å². The molecular weight excluding hydrogens is 150 g/mol. The van der Waals surface area contributed by atoms with Crippen LogP contribution in [0.4, 0.5) is 0 Å². The van der Waals surface area contributed by atoms with Crippen molar-refractivity contribution in [2.75, 3.05) is 6.54 Å². The van der Waals surface area contributed by atoms with Crippen molar-refractivity contribution in [3.05, 3.63) is 23.8 Å². The zero-order valence-corrected chi connectivity index (χ0v) is 7.03. The van der Waals surface area contributed by atoms with Gasteiger partial charge in [-0.2, -0.15) is 0 Å². The molecule has 0 saturated carbocycles. The molecule has 1 unspecified atom stereocenters. The van der Waals surface area contributed by atoms with Crippen molar-refractivity contribution >= 4 is 0 Å². The van der Waals surface area contributed by atoms with E-state index in [0.717, 1.165) is 13.0 Å². The number of hydrogen-bond acceptors (Lipinski definition) is 3. The fraction of sp³-hybridized carbons (Fsp3) is 0.556. The summed E-state index contributed by atoms with van der Waals surface area (Å²) in [5.74, 6) is 0.495. The number of hydrogen-bond donors (Lipinski definition) is 1. The summed E-state index contributed by atoms with van der Waals surface area (Å²) in [6, 6.07) is 0. The molecule has 2 rings (SSSR count). The lowest BCUT2D eigenvalue weighted by Crippen LogP contribution is -2.19. The Labute approximate surface area is 72.0 Å². The van der Waals surface area contributed by atoms with E-state index in [1.807, 2.05) is 6.20 Å². The van der Waals surface area contributed by atoms with Gasteiger partial charge in [0.2, 0.25) is 0 Å². The topological polar surface area (TPSA) is 51.8 Å². The highest BCUT2D eigenvalue weighted by molar-refractivity contribution is 5.23. The lowest BCUT2D eigenvalue weighted by molar-refractivity contribution is 0.547. The molecule has 0 radical (unpaired) electrons. The first-order valence-corrected chi connectivity index (χ1v) is 4.40. The molecule has 1 heterocycles. The highest BCUT2D eigenvalue weighted by Gasteiger charge is 2.19. The van der Waals surface area contributed by atoms with Gasteiger partial charge in [0.25, 0.3) is 0 Å². The summed E-state index contributed by atoms with van der Waals surface area (Å²) in [5.41, 5.74) is 8.13. The Morgan fingerprint density at radius 2 is 2.50 bits per heavy atom. The predicted octanol–water partition coefficient (Wildman–Crippen LogP) is 0.855. The molecule has 1 aliphatic rings. The molecule has 3 heteroatoms. The first-order chi connectivity index (χ1) is 5.92. The van der Waals surface area contributed by atoms with Crippen LogP contribution in [0.5, 0.6) is 0 Å². The quantitative estimate of drug-likeness (QED) is 0.668. The molecule has 12 heavy (non-hydrogen) atoms. The minimum absolute atomic E-state index is 0.495. The van der Waals surface area contributed by atoms with E-state index in [1.54, 1.807) is 6.33 Å². The van der Waals surface area contributed by atoms with Gasteiger partial charge in [-0.1, -0.05) is 0 Å². The van der Waals surface area contributed by atoms with E-state index >= 15 is 0 Å². The average molecular weight is 163 g/mol. The van der Waals surface area contributed by atoms with E-state index in [9.17, 15) is 0 Å². The second-order valence-electron chi connectivity index (χ2n) is 3.25. The van der Waals surface area contributed by atoms with Crippen molar-refractivity contribution in [1.82, 2.24) is 9.97 Å². The molecule has 0 aliphatic heterocycles. The van der Waals surface area contributed by atoms with Gasteiger partial charge in [0.05, 0.1) is 0 Å². The van der Waals surface area contributed by atoms with Crippen LogP contribution < -0.4 is 5.73 Å². The Kier molecular flexibility index (Phi) is 2.04. The first kappa shape index (κ1) is 7.68. The Morgan fingerprint density at radius 3 is 3.33 bits per heavy atom. The fourth-order valence-corrected chi connectivity index (χ4v) is 1.83. The van der Waals surface area contributed by atoms with Crippen LogP contribution >= 0.6 is 0 Å². The first-order valence-electron chi connectivity index (χ1n) is 4.40. The number of rotatable bonds is 1. The second kappa shape index (κ2) is 3.19. The van der Waals surface area contributed by atoms with Gasteiger partial charge in [-0.25, -0.2) is 9.97 Å². The minimum Gasteiger partial charge on any atom is -0.330 e. The zero-order valence-electron chi connectivity index (χ0n) is 7.03. The summed E-state index contributed by atoms with van der Waals surface area (Å²) in [4.78, 5) is 8.28. The van der Waals surface area contributed by atoms with Crippen LogP contribution in [0.3, 0.4) is 0 Å². The van der Waals surface area contributed by atoms with Gasteiger partial charge >= 0.3 is 0 Å². The summed E-state index contributed by atoms with van der Waals surface area (Å²) in [7, 11) is 0. The van der Waals surface area contributed by atoms with Crippen molar-refractivity contribution in [3.8, 4) is 0 Å². The van der Waals surface area contributed by atoms with E-state index in [0.29, 0.717) is 5.92 Å². The molecule has 0 bridgehead atoms. The molecule has 0 saturated heterocycles. The number of nitrogens with two attached hydrogens (primary N) is 1. The highest BCUT2D eigenvalue weighted by Crippen LogP contribution is 2.28. The molecule has 1 atom stereocenters. The molecule has 64 valence electrons. The van der Waals surface area contributed by atoms with E-state index < -0.39 is 0 Å². The smallest absolute Gasteiger partial charge is 0.115 e. The van der Waals surface area contributed by atoms with Gasteiger partial charge in [-0.3, -0.25) is 0 Å². The van der Waals surface area contributed by atoms with E-state index in [1.165, 1.54) is 24.1 Å². The maximum atomic E-state index is 5.66. The second-order valence-corrected chi connectivity index (χ2v) is 3.25. The molecular formula is C9H13N3. The lowest BCUT2D eigenvalue weighted by atomic mass is 9.87. The van der Waals surface area contributed by atoms with Crippen LogP contribution in [-0.2, 0) is 6.42 Å². The van der Waals surface area contributed by atoms with Crippen molar-refractivity contribution in [2.45, 2.75) is 25.2 Å². The van der Waals surface area contributed by atoms with Crippen molar-refractivity contribution in [1.29, 1.82) is 0 Å². The highest BCUT2D eigenvalue weighted by atomic mass is 14.8. The van der Waals surface area contributed by atoms with Gasteiger partial charge in [-0.05, 0) is 37.3 Å². The van der Waals surface area contributed by atoms with Crippen molar-refractivity contribution < 1.29 is 0 Å². The van der Waals surface area contributed by atoms with Crippen LogP contribution in [-0.4, -0.2) is 16.5 Å². The largest absolute Gasteiger partial charge is 0.330 e. The lowest BCUT2D eigenvalue weighted by Gasteiger charge is -2.22. The maximum absolute atomic E-state index is 5.66. The Hall–Kier alpha value is -0.960. The molecule has 3 nitrogen and oxygen atoms in total. The number of nitrogens with zero attached hydrogens (tertiary/aromatic N) is 2. The average Bonchev–Trinajstić information content (AvgIpc) is 2.17. The van der Waals surface area contributed by atoms with Gasteiger partial charge in [-0.15, -0.1) is 0 Å². The summed E-state index contributed by atoms with van der Waals surface area (Å²) in [6.07, 6.45) is 7.04. The summed E-state index contributed by atoms with van der Waals surface area (Å²) >= 11 is 0. The summed E-state index contributed by atoms with van der Waals surface area (Å²) < 4.78 is 0. The van der Waals surface area contributed by atoms with Gasteiger partial charge < -0.3 is 5.73 Å². The molecule has 0 spiro atoms. The maximum Gasteiger partial charge on any atom is 0.115 e. The third kappa shape index (κ3) is 1.20. The van der Waals surface area contributed by atoms with Crippen molar-refractivity contribution in [3.63, 3.8) is 0 Å². The van der Waals surface area contributed by atoms with Crippen molar-refractivity contribution in [2.24, 2.45) is 5.73 Å². The van der Waals surface area contributed by atoms with Gasteiger partial charge in [0, 0.05) is 11.9 Å². The molecule has 0 amide bonds. The molecule has 1 aromatic rings. The van der Waals surface area contributed by atoms with Crippen LogP contribution in [0, 0.1) is 0 Å². The molecule has 2 N–H and O–H groups in total. The van der Waals surface area contributed by atoms with E-state index in [4.69, 9.17) is 5.73 Å². The van der Waals surface area contributed by atoms with E-state index in [-0.39, 0.29) is 0 Å². The normalized spacial score (nSPS) is 21.9. The SMILES string of the molecule is NCC1CCCc2ncncc21. The minimum atomic E-state index is 0.495. The third-order valence-electron chi connectivity index (χ3n) is 2.52. The summed E-state index contributed by atoms with van der Waals surface area (Å²) in [5, 5.41) is 0. The molecule has 1 aliphatic carbocycles. The zero-order chi connectivity index (χ0) is 8.39. The van der Waals surface area contributed by atoms with E-state index in [2.05, 4.69) is 9.97 Å². The van der Waals surface area contributed by atoms with Gasteiger partial charge in [0.15, 0.2) is 0 Å². The number of aromatic nitrogens is 2. The monoisotopic (exact) mass is 163 g/mol. The number of fused-ring (bicyclic) bond motifs is 1. The van der Waals surface area contributed by atoms with Crippen LogP contribution in [0.1, 0.15) is 30.0 Å².